The van der Waals surface area contributed by atoms with Gasteiger partial charge in [-0.25, -0.2) is 9.78 Å². The molecule has 3 aliphatic rings. The van der Waals surface area contributed by atoms with Crippen LogP contribution < -0.4 is 10.2 Å². The lowest BCUT2D eigenvalue weighted by molar-refractivity contribution is -0.148. The molecule has 0 amide bonds. The van der Waals surface area contributed by atoms with Crippen LogP contribution in [0.5, 0.6) is 0 Å². The summed E-state index contributed by atoms with van der Waals surface area (Å²) in [6, 6.07) is 2.33. The number of nitrogens with one attached hydrogen (secondary N) is 1. The molecule has 230 valence electrons. The summed E-state index contributed by atoms with van der Waals surface area (Å²) in [6.45, 7) is 6.39. The molecular weight excluding hydrogens is 561 g/mol. The number of ether oxygens (including phenoxy) is 1. The van der Waals surface area contributed by atoms with Gasteiger partial charge in [0, 0.05) is 52.4 Å². The van der Waals surface area contributed by atoms with Crippen molar-refractivity contribution in [3.05, 3.63) is 35.9 Å². The van der Waals surface area contributed by atoms with Crippen molar-refractivity contribution in [2.75, 3.05) is 69.2 Å². The van der Waals surface area contributed by atoms with E-state index in [9.17, 15) is 28.2 Å². The van der Waals surface area contributed by atoms with Crippen molar-refractivity contribution in [2.24, 2.45) is 5.92 Å². The molecule has 2 aromatic heterocycles. The van der Waals surface area contributed by atoms with Gasteiger partial charge in [-0.2, -0.15) is 13.2 Å². The highest BCUT2D eigenvalue weighted by Gasteiger charge is 2.40. The number of carboxylic acids is 1. The molecule has 13 nitrogen and oxygen atoms in total. The topological polar surface area (TPSA) is 160 Å². The first-order valence-electron chi connectivity index (χ1n) is 14.0. The lowest BCUT2D eigenvalue weighted by Gasteiger charge is -2.42. The summed E-state index contributed by atoms with van der Waals surface area (Å²) in [7, 11) is 0. The fourth-order valence-corrected chi connectivity index (χ4v) is 5.66. The molecular formula is C26H35F3N8O5. The van der Waals surface area contributed by atoms with Crippen LogP contribution in [0.3, 0.4) is 0 Å². The predicted octanol–water partition coefficient (Wildman–Crippen LogP) is 0.419. The van der Waals surface area contributed by atoms with Crippen molar-refractivity contribution in [2.45, 2.75) is 43.4 Å². The minimum atomic E-state index is -4.65. The van der Waals surface area contributed by atoms with Crippen LogP contribution in [-0.4, -0.2) is 135 Å². The Morgan fingerprint density at radius 3 is 2.29 bits per heavy atom. The summed E-state index contributed by atoms with van der Waals surface area (Å²) in [5.74, 6) is -0.0191. The minimum Gasteiger partial charge on any atom is -0.476 e. The molecule has 0 bridgehead atoms. The summed E-state index contributed by atoms with van der Waals surface area (Å²) < 4.78 is 44.6. The van der Waals surface area contributed by atoms with Gasteiger partial charge in [-0.15, -0.1) is 10.2 Å². The van der Waals surface area contributed by atoms with Crippen LogP contribution in [0.2, 0.25) is 0 Å². The van der Waals surface area contributed by atoms with E-state index in [2.05, 4.69) is 40.2 Å². The molecule has 0 radical (unpaired) electrons. The van der Waals surface area contributed by atoms with Gasteiger partial charge in [-0.1, -0.05) is 0 Å². The van der Waals surface area contributed by atoms with Crippen LogP contribution in [0.4, 0.5) is 24.8 Å². The number of aliphatic hydroxyl groups is 2. The molecule has 2 aromatic rings. The molecule has 0 saturated carbocycles. The Kier molecular flexibility index (Phi) is 9.37. The highest BCUT2D eigenvalue weighted by Crippen LogP contribution is 2.28. The van der Waals surface area contributed by atoms with E-state index < -0.39 is 42.2 Å². The summed E-state index contributed by atoms with van der Waals surface area (Å²) in [4.78, 5) is 24.8. The van der Waals surface area contributed by atoms with E-state index in [1.807, 2.05) is 0 Å². The second-order valence-electron chi connectivity index (χ2n) is 11.0. The average molecular weight is 597 g/mol. The maximum absolute atomic E-state index is 12.9. The number of hydrogen-bond donors (Lipinski definition) is 4. The fraction of sp³-hybridized carbons (Fsp3) is 0.654. The number of piperazine rings is 1. The molecule has 0 unspecified atom stereocenters. The number of hydrogen-bond acceptors (Lipinski definition) is 12. The van der Waals surface area contributed by atoms with Crippen molar-refractivity contribution < 1.29 is 38.0 Å². The Balaban J connectivity index is 1.02. The summed E-state index contributed by atoms with van der Waals surface area (Å²) in [6.07, 6.45) is -4.00. The van der Waals surface area contributed by atoms with E-state index in [1.165, 1.54) is 6.07 Å². The van der Waals surface area contributed by atoms with Crippen molar-refractivity contribution in [1.82, 2.24) is 30.0 Å². The molecule has 5 rings (SSSR count). The van der Waals surface area contributed by atoms with Gasteiger partial charge in [0.1, 0.15) is 18.0 Å². The second-order valence-corrected chi connectivity index (χ2v) is 11.0. The van der Waals surface area contributed by atoms with E-state index in [0.717, 1.165) is 64.9 Å². The van der Waals surface area contributed by atoms with Crippen LogP contribution in [0.25, 0.3) is 0 Å². The monoisotopic (exact) mass is 596 g/mol. The van der Waals surface area contributed by atoms with E-state index >= 15 is 0 Å². The zero-order valence-electron chi connectivity index (χ0n) is 22.9. The van der Waals surface area contributed by atoms with Gasteiger partial charge in [0.15, 0.2) is 17.2 Å². The predicted molar refractivity (Wildman–Crippen MR) is 143 cm³/mol. The number of alkyl halides is 3. The minimum absolute atomic E-state index is 0.00519. The third-order valence-electron chi connectivity index (χ3n) is 8.12. The van der Waals surface area contributed by atoms with Crippen LogP contribution in [0, 0.1) is 5.92 Å². The number of carboxylic acid groups (broad SMARTS) is 1. The number of aromatic carboxylic acids is 1. The fourth-order valence-electron chi connectivity index (χ4n) is 5.66. The van der Waals surface area contributed by atoms with E-state index in [-0.39, 0.29) is 18.1 Å². The van der Waals surface area contributed by atoms with Gasteiger partial charge in [0.05, 0.1) is 31.1 Å². The highest BCUT2D eigenvalue weighted by atomic mass is 19.4. The van der Waals surface area contributed by atoms with Crippen LogP contribution in [0.15, 0.2) is 24.5 Å². The number of aliphatic hydroxyl groups excluding tert-OH is 2. The lowest BCUT2D eigenvalue weighted by Crippen LogP contribution is -2.59. The maximum Gasteiger partial charge on any atom is 0.434 e. The Hall–Kier alpha value is -3.18. The number of nitrogens with zero attached hydrogens (tertiary/aromatic N) is 7. The number of piperidine rings is 1. The van der Waals surface area contributed by atoms with E-state index in [0.29, 0.717) is 24.5 Å². The van der Waals surface area contributed by atoms with Gasteiger partial charge in [-0.3, -0.25) is 9.88 Å². The first-order valence-corrected chi connectivity index (χ1v) is 14.0. The third kappa shape index (κ3) is 7.42. The summed E-state index contributed by atoms with van der Waals surface area (Å²) >= 11 is 0. The molecule has 16 heteroatoms. The zero-order valence-corrected chi connectivity index (χ0v) is 22.9. The first kappa shape index (κ1) is 30.3. The van der Waals surface area contributed by atoms with Gasteiger partial charge in [0.2, 0.25) is 0 Å². The van der Waals surface area contributed by atoms with Gasteiger partial charge >= 0.3 is 12.1 Å². The Morgan fingerprint density at radius 1 is 0.976 bits per heavy atom. The number of anilines is 2. The van der Waals surface area contributed by atoms with Crippen molar-refractivity contribution in [3.63, 3.8) is 0 Å². The molecule has 4 N–H and O–H groups in total. The average Bonchev–Trinajstić information content (AvgIpc) is 2.98. The number of carbonyl (C=O) groups is 1. The van der Waals surface area contributed by atoms with Gasteiger partial charge < -0.3 is 35.2 Å². The lowest BCUT2D eigenvalue weighted by atomic mass is 9.95. The number of rotatable bonds is 8. The Labute approximate surface area is 240 Å². The van der Waals surface area contributed by atoms with Crippen LogP contribution >= 0.6 is 0 Å². The van der Waals surface area contributed by atoms with Crippen molar-refractivity contribution >= 4 is 17.6 Å². The van der Waals surface area contributed by atoms with Gasteiger partial charge in [-0.05, 0) is 30.9 Å². The molecule has 5 heterocycles. The summed E-state index contributed by atoms with van der Waals surface area (Å²) in [5, 5.41) is 40.9. The standard InChI is InChI=1S/C26H35F3N8O5/c27-26(28,29)20-11-30-12-21(32-20)31-18-15-42-19(24(39)23(18)38)14-36-9-7-35(8-10-36)13-16-3-5-37(6-4-16)22-2-1-17(25(40)41)33-34-22/h1-2,11-12,16,18-19,23-24,38-39H,3-10,13-15H2,(H,31,32)(H,40,41)/t18-,19+,23+,24-/m0/s1. The largest absolute Gasteiger partial charge is 0.476 e. The number of aromatic nitrogens is 4. The molecule has 0 spiro atoms. The molecule has 0 aromatic carbocycles. The van der Waals surface area contributed by atoms with Crippen molar-refractivity contribution in [3.8, 4) is 0 Å². The van der Waals surface area contributed by atoms with Crippen molar-refractivity contribution in [1.29, 1.82) is 0 Å². The second kappa shape index (κ2) is 13.0. The normalized spacial score (nSPS) is 26.7. The molecule has 0 aliphatic carbocycles. The molecule has 42 heavy (non-hydrogen) atoms. The van der Waals surface area contributed by atoms with E-state index in [4.69, 9.17) is 9.84 Å². The Bertz CT molecular complexity index is 1190. The first-order chi connectivity index (χ1) is 20.1. The van der Waals surface area contributed by atoms with Crippen LogP contribution in [0.1, 0.15) is 29.0 Å². The Morgan fingerprint density at radius 2 is 1.67 bits per heavy atom. The highest BCUT2D eigenvalue weighted by molar-refractivity contribution is 5.85. The number of halogens is 3. The molecule has 3 fully saturated rings. The maximum atomic E-state index is 12.9. The quantitative estimate of drug-likeness (QED) is 0.332. The SMILES string of the molecule is O=C(O)c1ccc(N2CCC(CN3CCN(C[C@H]4OC[C@H](Nc5cncc(C(F)(F)F)n5)[C@@H](O)[C@H]4O)CC3)CC2)nn1. The molecule has 4 atom stereocenters. The zero-order chi connectivity index (χ0) is 29.9. The van der Waals surface area contributed by atoms with Gasteiger partial charge in [0.25, 0.3) is 0 Å². The van der Waals surface area contributed by atoms with Crippen LogP contribution in [-0.2, 0) is 10.9 Å². The molecule has 3 saturated heterocycles. The third-order valence-corrected chi connectivity index (χ3v) is 8.12. The van der Waals surface area contributed by atoms with E-state index in [1.54, 1.807) is 6.07 Å². The molecule has 3 aliphatic heterocycles. The summed E-state index contributed by atoms with van der Waals surface area (Å²) in [5.41, 5.74) is -1.22. The smallest absolute Gasteiger partial charge is 0.434 e.